The van der Waals surface area contributed by atoms with Crippen LogP contribution in [0.2, 0.25) is 0 Å². The minimum absolute atomic E-state index is 0.166. The predicted molar refractivity (Wildman–Crippen MR) is 70.0 cm³/mol. The van der Waals surface area contributed by atoms with Gasteiger partial charge in [0.15, 0.2) is 5.75 Å². The van der Waals surface area contributed by atoms with Gasteiger partial charge in [0, 0.05) is 6.92 Å². The van der Waals surface area contributed by atoms with Crippen molar-refractivity contribution >= 4 is 17.3 Å². The zero-order valence-electron chi connectivity index (χ0n) is 10.3. The van der Waals surface area contributed by atoms with Crippen LogP contribution in [0.15, 0.2) is 58.8 Å². The van der Waals surface area contributed by atoms with Crippen LogP contribution in [-0.2, 0) is 4.79 Å². The molecule has 0 spiro atoms. The number of phenolic OH excluding ortho intramolecular Hbond substituents is 1. The van der Waals surface area contributed by atoms with Gasteiger partial charge in [0.05, 0.1) is 5.69 Å². The monoisotopic (exact) mass is 256 g/mol. The second kappa shape index (κ2) is 5.77. The van der Waals surface area contributed by atoms with E-state index in [4.69, 9.17) is 9.84 Å². The fraction of sp³-hybridized carbons (Fsp3) is 0.0714. The van der Waals surface area contributed by atoms with Crippen LogP contribution in [0.5, 0.6) is 11.5 Å². The average Bonchev–Trinajstić information content (AvgIpc) is 2.39. The largest absolute Gasteiger partial charge is 0.508 e. The molecular formula is C14H12N2O3. The highest BCUT2D eigenvalue weighted by Crippen LogP contribution is 2.29. The molecule has 0 aliphatic heterocycles. The molecular weight excluding hydrogens is 244 g/mol. The van der Waals surface area contributed by atoms with Crippen molar-refractivity contribution in [2.24, 2.45) is 10.2 Å². The summed E-state index contributed by atoms with van der Waals surface area (Å²) in [5.74, 6) is 0.115. The Morgan fingerprint density at radius 2 is 1.74 bits per heavy atom. The maximum atomic E-state index is 11.0. The minimum Gasteiger partial charge on any atom is -0.508 e. The van der Waals surface area contributed by atoms with E-state index in [1.54, 1.807) is 36.4 Å². The fourth-order valence-electron chi connectivity index (χ4n) is 1.41. The number of ether oxygens (including phenoxy) is 1. The lowest BCUT2D eigenvalue weighted by Gasteiger charge is -2.03. The second-order valence-corrected chi connectivity index (χ2v) is 3.78. The molecule has 2 aromatic carbocycles. The van der Waals surface area contributed by atoms with Crippen LogP contribution in [0.3, 0.4) is 0 Å². The van der Waals surface area contributed by atoms with E-state index in [0.29, 0.717) is 17.1 Å². The molecule has 1 N–H and O–H groups in total. The zero-order chi connectivity index (χ0) is 13.7. The molecule has 2 aromatic rings. The van der Waals surface area contributed by atoms with Gasteiger partial charge in [-0.15, -0.1) is 5.11 Å². The van der Waals surface area contributed by atoms with Gasteiger partial charge in [0.2, 0.25) is 0 Å². The lowest BCUT2D eigenvalue weighted by molar-refractivity contribution is -0.131. The Hall–Kier alpha value is -2.69. The molecule has 0 unspecified atom stereocenters. The van der Waals surface area contributed by atoms with E-state index in [2.05, 4.69) is 10.2 Å². The van der Waals surface area contributed by atoms with Gasteiger partial charge in [-0.05, 0) is 36.4 Å². The molecule has 2 rings (SSSR count). The molecule has 19 heavy (non-hydrogen) atoms. The summed E-state index contributed by atoms with van der Waals surface area (Å²) in [4.78, 5) is 11.0. The molecule has 0 heterocycles. The van der Waals surface area contributed by atoms with Crippen molar-refractivity contribution in [1.29, 1.82) is 0 Å². The lowest BCUT2D eigenvalue weighted by atomic mass is 10.3. The summed E-state index contributed by atoms with van der Waals surface area (Å²) < 4.78 is 5.02. The third kappa shape index (κ3) is 3.64. The zero-order valence-corrected chi connectivity index (χ0v) is 10.3. The summed E-state index contributed by atoms with van der Waals surface area (Å²) >= 11 is 0. The van der Waals surface area contributed by atoms with E-state index < -0.39 is 5.97 Å². The molecule has 0 fully saturated rings. The first kappa shape index (κ1) is 12.8. The van der Waals surface area contributed by atoms with Crippen molar-refractivity contribution in [2.45, 2.75) is 6.92 Å². The van der Waals surface area contributed by atoms with Gasteiger partial charge >= 0.3 is 5.97 Å². The van der Waals surface area contributed by atoms with Gasteiger partial charge in [-0.25, -0.2) is 0 Å². The maximum absolute atomic E-state index is 11.0. The number of carbonyl (C=O) groups is 1. The molecule has 0 bridgehead atoms. The molecule has 0 aliphatic rings. The topological polar surface area (TPSA) is 71.2 Å². The number of hydrogen-bond donors (Lipinski definition) is 1. The first-order chi connectivity index (χ1) is 9.15. The number of para-hydroxylation sites is 1. The number of carbonyl (C=O) groups excluding carboxylic acids is 1. The van der Waals surface area contributed by atoms with Crippen molar-refractivity contribution < 1.29 is 14.6 Å². The molecule has 0 radical (unpaired) electrons. The van der Waals surface area contributed by atoms with E-state index >= 15 is 0 Å². The molecule has 0 aliphatic carbocycles. The van der Waals surface area contributed by atoms with Crippen LogP contribution >= 0.6 is 0 Å². The van der Waals surface area contributed by atoms with Crippen LogP contribution in [0.4, 0.5) is 11.4 Å². The van der Waals surface area contributed by atoms with Crippen LogP contribution in [-0.4, -0.2) is 11.1 Å². The Morgan fingerprint density at radius 1 is 1.05 bits per heavy atom. The quantitative estimate of drug-likeness (QED) is 0.516. The van der Waals surface area contributed by atoms with Crippen molar-refractivity contribution in [3.63, 3.8) is 0 Å². The summed E-state index contributed by atoms with van der Waals surface area (Å²) in [5.41, 5.74) is 1.06. The SMILES string of the molecule is CC(=O)Oc1ccccc1N=Nc1ccc(O)cc1. The third-order valence-corrected chi connectivity index (χ3v) is 2.24. The molecule has 5 nitrogen and oxygen atoms in total. The average molecular weight is 256 g/mol. The molecule has 0 saturated carbocycles. The summed E-state index contributed by atoms with van der Waals surface area (Å²) in [6, 6.07) is 13.2. The van der Waals surface area contributed by atoms with Gasteiger partial charge in [0.25, 0.3) is 0 Å². The molecule has 0 aromatic heterocycles. The highest BCUT2D eigenvalue weighted by molar-refractivity contribution is 5.71. The van der Waals surface area contributed by atoms with E-state index in [1.807, 2.05) is 0 Å². The molecule has 0 saturated heterocycles. The second-order valence-electron chi connectivity index (χ2n) is 3.78. The Bertz CT molecular complexity index is 606. The van der Waals surface area contributed by atoms with Crippen molar-refractivity contribution in [1.82, 2.24) is 0 Å². The van der Waals surface area contributed by atoms with Crippen LogP contribution in [0.1, 0.15) is 6.92 Å². The molecule has 5 heteroatoms. The fourth-order valence-corrected chi connectivity index (χ4v) is 1.41. The van der Waals surface area contributed by atoms with Gasteiger partial charge < -0.3 is 9.84 Å². The van der Waals surface area contributed by atoms with Gasteiger partial charge in [0.1, 0.15) is 11.4 Å². The summed E-state index contributed by atoms with van der Waals surface area (Å²) in [7, 11) is 0. The summed E-state index contributed by atoms with van der Waals surface area (Å²) in [6.07, 6.45) is 0. The van der Waals surface area contributed by atoms with E-state index in [1.165, 1.54) is 19.1 Å². The first-order valence-electron chi connectivity index (χ1n) is 5.63. The highest BCUT2D eigenvalue weighted by Gasteiger charge is 2.04. The Balaban J connectivity index is 2.22. The normalized spacial score (nSPS) is 10.6. The van der Waals surface area contributed by atoms with Gasteiger partial charge in [-0.3, -0.25) is 4.79 Å². The Kier molecular flexibility index (Phi) is 3.87. The standard InChI is InChI=1S/C14H12N2O3/c1-10(17)19-14-5-3-2-4-13(14)16-15-11-6-8-12(18)9-7-11/h2-9,18H,1H3. The van der Waals surface area contributed by atoms with E-state index in [0.717, 1.165) is 0 Å². The van der Waals surface area contributed by atoms with Crippen LogP contribution in [0, 0.1) is 0 Å². The van der Waals surface area contributed by atoms with Crippen molar-refractivity contribution in [3.8, 4) is 11.5 Å². The minimum atomic E-state index is -0.410. The number of phenols is 1. The van der Waals surface area contributed by atoms with Crippen LogP contribution < -0.4 is 4.74 Å². The summed E-state index contributed by atoms with van der Waals surface area (Å²) in [5, 5.41) is 17.2. The van der Waals surface area contributed by atoms with Gasteiger partial charge in [-0.2, -0.15) is 5.11 Å². The van der Waals surface area contributed by atoms with E-state index in [9.17, 15) is 4.79 Å². The molecule has 0 amide bonds. The van der Waals surface area contributed by atoms with Crippen molar-refractivity contribution in [3.05, 3.63) is 48.5 Å². The van der Waals surface area contributed by atoms with E-state index in [-0.39, 0.29) is 5.75 Å². The summed E-state index contributed by atoms with van der Waals surface area (Å²) in [6.45, 7) is 1.33. The smallest absolute Gasteiger partial charge is 0.308 e. The lowest BCUT2D eigenvalue weighted by Crippen LogP contribution is -2.01. The van der Waals surface area contributed by atoms with Gasteiger partial charge in [-0.1, -0.05) is 12.1 Å². The number of azo groups is 1. The number of benzene rings is 2. The Morgan fingerprint density at radius 3 is 2.42 bits per heavy atom. The molecule has 0 atom stereocenters. The van der Waals surface area contributed by atoms with Crippen molar-refractivity contribution in [2.75, 3.05) is 0 Å². The predicted octanol–water partition coefficient (Wildman–Crippen LogP) is 3.73. The number of rotatable bonds is 3. The number of hydrogen-bond acceptors (Lipinski definition) is 5. The van der Waals surface area contributed by atoms with Crippen LogP contribution in [0.25, 0.3) is 0 Å². The third-order valence-electron chi connectivity index (χ3n) is 2.24. The number of aromatic hydroxyl groups is 1. The molecule has 96 valence electrons. The Labute approximate surface area is 110 Å². The maximum Gasteiger partial charge on any atom is 0.308 e. The highest BCUT2D eigenvalue weighted by atomic mass is 16.5. The number of nitrogens with zero attached hydrogens (tertiary/aromatic N) is 2. The first-order valence-corrected chi connectivity index (χ1v) is 5.63. The number of esters is 1.